The maximum absolute atomic E-state index is 12.9. The predicted molar refractivity (Wildman–Crippen MR) is 105 cm³/mol. The van der Waals surface area contributed by atoms with Gasteiger partial charge < -0.3 is 13.9 Å². The number of hydrogen-bond donors (Lipinski definition) is 1. The first-order valence-corrected chi connectivity index (χ1v) is 8.76. The molecule has 3 heterocycles. The minimum atomic E-state index is -0.281. The Morgan fingerprint density at radius 2 is 1.85 bits per heavy atom. The maximum Gasteiger partial charge on any atom is 0.260 e. The van der Waals surface area contributed by atoms with Gasteiger partial charge in [0.25, 0.3) is 5.56 Å². The number of fused-ring (bicyclic) bond motifs is 2. The molecule has 0 aliphatic rings. The molecular formula is C21H13ClN2O3. The first kappa shape index (κ1) is 15.9. The molecule has 0 bridgehead atoms. The van der Waals surface area contributed by atoms with E-state index in [0.717, 1.165) is 16.4 Å². The van der Waals surface area contributed by atoms with Crippen LogP contribution in [0.2, 0.25) is 5.02 Å². The number of halogens is 1. The number of nitrogens with one attached hydrogen (secondary N) is 1. The second-order valence-corrected chi connectivity index (χ2v) is 6.81. The number of furan rings is 1. The lowest BCUT2D eigenvalue weighted by Crippen LogP contribution is -2.10. The van der Waals surface area contributed by atoms with Gasteiger partial charge in [-0.15, -0.1) is 0 Å². The van der Waals surface area contributed by atoms with Gasteiger partial charge in [0, 0.05) is 32.9 Å². The van der Waals surface area contributed by atoms with E-state index < -0.39 is 0 Å². The van der Waals surface area contributed by atoms with Crippen LogP contribution in [-0.2, 0) is 0 Å². The summed E-state index contributed by atoms with van der Waals surface area (Å²) in [5, 5.41) is 6.20. The molecule has 0 amide bonds. The van der Waals surface area contributed by atoms with E-state index in [9.17, 15) is 4.79 Å². The van der Waals surface area contributed by atoms with Crippen molar-refractivity contribution < 1.29 is 8.94 Å². The third-order valence-electron chi connectivity index (χ3n) is 4.52. The molecule has 0 atom stereocenters. The van der Waals surface area contributed by atoms with Gasteiger partial charge in [-0.05, 0) is 37.3 Å². The van der Waals surface area contributed by atoms with Crippen LogP contribution < -0.4 is 5.56 Å². The molecule has 0 radical (unpaired) electrons. The highest BCUT2D eigenvalue weighted by Gasteiger charge is 2.22. The van der Waals surface area contributed by atoms with Crippen LogP contribution in [-0.4, -0.2) is 10.1 Å². The van der Waals surface area contributed by atoms with Gasteiger partial charge in [-0.3, -0.25) is 4.79 Å². The molecule has 27 heavy (non-hydrogen) atoms. The number of pyridine rings is 1. The van der Waals surface area contributed by atoms with Gasteiger partial charge in [0.2, 0.25) is 0 Å². The van der Waals surface area contributed by atoms with Crippen molar-refractivity contribution in [2.24, 2.45) is 0 Å². The van der Waals surface area contributed by atoms with E-state index in [-0.39, 0.29) is 5.56 Å². The highest BCUT2D eigenvalue weighted by atomic mass is 35.5. The van der Waals surface area contributed by atoms with Crippen molar-refractivity contribution in [2.75, 3.05) is 0 Å². The molecule has 0 aliphatic carbocycles. The van der Waals surface area contributed by atoms with Gasteiger partial charge in [-0.1, -0.05) is 35.0 Å². The van der Waals surface area contributed by atoms with Crippen molar-refractivity contribution in [2.45, 2.75) is 6.92 Å². The van der Waals surface area contributed by atoms with Gasteiger partial charge in [-0.25, -0.2) is 0 Å². The number of aromatic nitrogens is 2. The van der Waals surface area contributed by atoms with Crippen molar-refractivity contribution in [3.63, 3.8) is 0 Å². The lowest BCUT2D eigenvalue weighted by atomic mass is 9.99. The summed E-state index contributed by atoms with van der Waals surface area (Å²) in [6.45, 7) is 1.81. The summed E-state index contributed by atoms with van der Waals surface area (Å²) in [6.07, 6.45) is 0. The summed E-state index contributed by atoms with van der Waals surface area (Å²) in [6, 6.07) is 16.7. The third-order valence-corrected chi connectivity index (χ3v) is 4.76. The molecule has 1 N–H and O–H groups in total. The largest absolute Gasteiger partial charge is 0.456 e. The normalized spacial score (nSPS) is 11.5. The molecule has 5 rings (SSSR count). The number of aromatic amines is 1. The Morgan fingerprint density at radius 1 is 1.00 bits per heavy atom. The number of hydrogen-bond acceptors (Lipinski definition) is 4. The van der Waals surface area contributed by atoms with E-state index in [0.29, 0.717) is 38.9 Å². The number of nitrogens with zero attached hydrogens (tertiary/aromatic N) is 1. The maximum atomic E-state index is 12.9. The minimum absolute atomic E-state index is 0.281. The lowest BCUT2D eigenvalue weighted by Gasteiger charge is -2.09. The summed E-state index contributed by atoms with van der Waals surface area (Å²) >= 11 is 6.24. The van der Waals surface area contributed by atoms with Crippen LogP contribution in [0.25, 0.3) is 44.5 Å². The van der Waals surface area contributed by atoms with E-state index in [2.05, 4.69) is 10.1 Å². The van der Waals surface area contributed by atoms with Crippen molar-refractivity contribution in [3.8, 4) is 22.6 Å². The quantitative estimate of drug-likeness (QED) is 0.438. The van der Waals surface area contributed by atoms with E-state index >= 15 is 0 Å². The van der Waals surface area contributed by atoms with Crippen LogP contribution in [0.15, 0.2) is 68.3 Å². The molecule has 0 saturated heterocycles. The average molecular weight is 377 g/mol. The fourth-order valence-electron chi connectivity index (χ4n) is 3.34. The fourth-order valence-corrected chi connectivity index (χ4v) is 3.51. The molecule has 0 spiro atoms. The average Bonchev–Trinajstić information content (AvgIpc) is 3.26. The predicted octanol–water partition coefficient (Wildman–Crippen LogP) is 5.56. The van der Waals surface area contributed by atoms with Crippen molar-refractivity contribution >= 4 is 33.5 Å². The summed E-state index contributed by atoms with van der Waals surface area (Å²) < 4.78 is 11.5. The van der Waals surface area contributed by atoms with E-state index in [1.54, 1.807) is 25.1 Å². The van der Waals surface area contributed by atoms with Gasteiger partial charge in [0.15, 0.2) is 5.76 Å². The zero-order valence-corrected chi connectivity index (χ0v) is 15.0. The van der Waals surface area contributed by atoms with Crippen LogP contribution in [0.3, 0.4) is 0 Å². The summed E-state index contributed by atoms with van der Waals surface area (Å²) in [7, 11) is 0. The van der Waals surface area contributed by atoms with Gasteiger partial charge >= 0.3 is 0 Å². The number of benzene rings is 2. The molecule has 5 nitrogen and oxygen atoms in total. The van der Waals surface area contributed by atoms with Gasteiger partial charge in [-0.2, -0.15) is 0 Å². The Morgan fingerprint density at radius 3 is 2.63 bits per heavy atom. The van der Waals surface area contributed by atoms with E-state index in [1.165, 1.54) is 0 Å². The zero-order valence-electron chi connectivity index (χ0n) is 14.2. The van der Waals surface area contributed by atoms with Gasteiger partial charge in [0.05, 0.1) is 11.3 Å². The second-order valence-electron chi connectivity index (χ2n) is 6.38. The molecule has 0 aliphatic heterocycles. The molecule has 2 aromatic carbocycles. The first-order chi connectivity index (χ1) is 13.1. The smallest absolute Gasteiger partial charge is 0.260 e. The Balaban J connectivity index is 1.95. The molecule has 3 aromatic heterocycles. The second kappa shape index (κ2) is 5.86. The molecule has 6 heteroatoms. The zero-order chi connectivity index (χ0) is 18.5. The van der Waals surface area contributed by atoms with Crippen LogP contribution >= 0.6 is 11.6 Å². The highest BCUT2D eigenvalue weighted by Crippen LogP contribution is 2.38. The first-order valence-electron chi connectivity index (χ1n) is 8.38. The standard InChI is InChI=1S/C21H13ClN2O3/c1-11-8-18(27-24-11)20-19(17-9-12-4-2-3-5-16(12)26-17)14-10-13(22)6-7-15(14)23-21(20)25/h2-10H,1H3,(H,23,25). The number of H-pyrrole nitrogens is 1. The van der Waals surface area contributed by atoms with Crippen LogP contribution in [0.4, 0.5) is 0 Å². The third kappa shape index (κ3) is 2.55. The van der Waals surface area contributed by atoms with Crippen LogP contribution in [0, 0.1) is 6.92 Å². The molecule has 0 fully saturated rings. The van der Waals surface area contributed by atoms with Crippen LogP contribution in [0.1, 0.15) is 5.69 Å². The lowest BCUT2D eigenvalue weighted by molar-refractivity contribution is 0.426. The molecule has 5 aromatic rings. The molecular weight excluding hydrogens is 364 g/mol. The Labute approximate surface area is 158 Å². The van der Waals surface area contributed by atoms with E-state index in [1.807, 2.05) is 36.4 Å². The van der Waals surface area contributed by atoms with Crippen LogP contribution in [0.5, 0.6) is 0 Å². The summed E-state index contributed by atoms with van der Waals surface area (Å²) in [5.41, 5.74) is 2.80. The summed E-state index contributed by atoms with van der Waals surface area (Å²) in [4.78, 5) is 15.8. The highest BCUT2D eigenvalue weighted by molar-refractivity contribution is 6.31. The molecule has 0 unspecified atom stereocenters. The summed E-state index contributed by atoms with van der Waals surface area (Å²) in [5.74, 6) is 0.949. The number of aryl methyl sites for hydroxylation is 1. The number of para-hydroxylation sites is 1. The number of rotatable bonds is 2. The monoisotopic (exact) mass is 376 g/mol. The topological polar surface area (TPSA) is 72.0 Å². The fraction of sp³-hybridized carbons (Fsp3) is 0.0476. The SMILES string of the molecule is Cc1cc(-c2c(-c3cc4ccccc4o3)c3cc(Cl)ccc3[nH]c2=O)on1. The Bertz CT molecular complexity index is 1340. The molecule has 0 saturated carbocycles. The molecule has 132 valence electrons. The van der Waals surface area contributed by atoms with Crippen molar-refractivity contribution in [1.29, 1.82) is 0 Å². The van der Waals surface area contributed by atoms with Crippen molar-refractivity contribution in [1.82, 2.24) is 10.1 Å². The van der Waals surface area contributed by atoms with Gasteiger partial charge in [0.1, 0.15) is 11.3 Å². The Kier molecular flexibility index (Phi) is 3.45. The Hall–Kier alpha value is -3.31. The minimum Gasteiger partial charge on any atom is -0.456 e. The van der Waals surface area contributed by atoms with E-state index in [4.69, 9.17) is 20.5 Å². The van der Waals surface area contributed by atoms with Crippen molar-refractivity contribution in [3.05, 3.63) is 75.7 Å².